The number of aryl methyl sites for hydroxylation is 2. The summed E-state index contributed by atoms with van der Waals surface area (Å²) in [7, 11) is 0. The fourth-order valence-electron chi connectivity index (χ4n) is 1.57. The largest absolute Gasteiger partial charge is 0.345 e. The monoisotopic (exact) mass is 186 g/mol. The number of nitrogens with zero attached hydrogens (tertiary/aromatic N) is 3. The molecule has 0 fully saturated rings. The molecular weight excluding hydrogens is 176 g/mol. The summed E-state index contributed by atoms with van der Waals surface area (Å²) in [6.45, 7) is 3.88. The Morgan fingerprint density at radius 2 is 2.29 bits per heavy atom. The Morgan fingerprint density at radius 3 is 2.93 bits per heavy atom. The van der Waals surface area contributed by atoms with Crippen molar-refractivity contribution in [2.75, 3.05) is 0 Å². The summed E-state index contributed by atoms with van der Waals surface area (Å²) in [6, 6.07) is 2.13. The Balaban J connectivity index is 2.87. The summed E-state index contributed by atoms with van der Waals surface area (Å²) < 4.78 is 0. The Bertz CT molecular complexity index is 519. The Labute approximate surface area is 81.6 Å². The quantitative estimate of drug-likeness (QED) is 0.737. The highest BCUT2D eigenvalue weighted by Crippen LogP contribution is 2.19. The van der Waals surface area contributed by atoms with Crippen LogP contribution in [0.1, 0.15) is 24.0 Å². The maximum atomic E-state index is 8.89. The molecule has 2 rings (SSSR count). The van der Waals surface area contributed by atoms with Gasteiger partial charge in [0.2, 0.25) is 0 Å². The molecular formula is C10H10N4. The van der Waals surface area contributed by atoms with Crippen molar-refractivity contribution in [1.82, 2.24) is 15.0 Å². The normalized spacial score (nSPS) is 10.4. The number of hydrogen-bond donors (Lipinski definition) is 1. The van der Waals surface area contributed by atoms with E-state index in [1.54, 1.807) is 6.20 Å². The van der Waals surface area contributed by atoms with Crippen LogP contribution in [0.25, 0.3) is 11.0 Å². The van der Waals surface area contributed by atoms with Crippen molar-refractivity contribution in [2.24, 2.45) is 0 Å². The van der Waals surface area contributed by atoms with Crippen LogP contribution in [0.5, 0.6) is 0 Å². The number of aromatic amines is 1. The lowest BCUT2D eigenvalue weighted by Crippen LogP contribution is -1.95. The van der Waals surface area contributed by atoms with Crippen molar-refractivity contribution >= 4 is 11.0 Å². The molecule has 2 aromatic heterocycles. The van der Waals surface area contributed by atoms with Gasteiger partial charge in [-0.05, 0) is 13.3 Å². The van der Waals surface area contributed by atoms with E-state index >= 15 is 0 Å². The molecule has 1 N–H and O–H groups in total. The number of H-pyrrole nitrogens is 1. The lowest BCUT2D eigenvalue weighted by molar-refractivity contribution is 0.978. The van der Waals surface area contributed by atoms with E-state index in [-0.39, 0.29) is 0 Å². The summed E-state index contributed by atoms with van der Waals surface area (Å²) in [5.41, 5.74) is 2.31. The van der Waals surface area contributed by atoms with Crippen LogP contribution in [0.4, 0.5) is 0 Å². The van der Waals surface area contributed by atoms with Gasteiger partial charge < -0.3 is 4.98 Å². The second-order valence-electron chi connectivity index (χ2n) is 3.11. The highest BCUT2D eigenvalue weighted by molar-refractivity contribution is 5.84. The number of hydrogen-bond acceptors (Lipinski definition) is 3. The van der Waals surface area contributed by atoms with E-state index in [1.807, 2.05) is 13.8 Å². The van der Waals surface area contributed by atoms with Gasteiger partial charge in [-0.1, -0.05) is 6.92 Å². The highest BCUT2D eigenvalue weighted by atomic mass is 14.9. The molecule has 0 unspecified atom stereocenters. The van der Waals surface area contributed by atoms with Gasteiger partial charge in [0, 0.05) is 6.20 Å². The molecule has 70 valence electrons. The summed E-state index contributed by atoms with van der Waals surface area (Å²) in [4.78, 5) is 11.5. The molecule has 0 aromatic carbocycles. The molecule has 2 aromatic rings. The fourth-order valence-corrected chi connectivity index (χ4v) is 1.57. The third-order valence-electron chi connectivity index (χ3n) is 2.17. The van der Waals surface area contributed by atoms with Crippen molar-refractivity contribution in [3.8, 4) is 6.07 Å². The van der Waals surface area contributed by atoms with Gasteiger partial charge in [0.05, 0.1) is 16.6 Å². The van der Waals surface area contributed by atoms with Crippen molar-refractivity contribution < 1.29 is 0 Å². The van der Waals surface area contributed by atoms with Crippen LogP contribution in [0, 0.1) is 18.3 Å². The first kappa shape index (κ1) is 8.70. The van der Waals surface area contributed by atoms with Crippen LogP contribution in [0.2, 0.25) is 0 Å². The van der Waals surface area contributed by atoms with E-state index in [2.05, 4.69) is 21.0 Å². The van der Waals surface area contributed by atoms with Gasteiger partial charge in [-0.15, -0.1) is 0 Å². The van der Waals surface area contributed by atoms with Gasteiger partial charge in [0.15, 0.2) is 0 Å². The van der Waals surface area contributed by atoms with Gasteiger partial charge >= 0.3 is 0 Å². The summed E-state index contributed by atoms with van der Waals surface area (Å²) in [5.74, 6) is 0.737. The molecule has 0 saturated heterocycles. The van der Waals surface area contributed by atoms with Crippen LogP contribution < -0.4 is 0 Å². The first-order valence-corrected chi connectivity index (χ1v) is 4.51. The standard InChI is InChI=1S/C10H10N4/c1-3-8-9-7(4-11)5-12-10(9)14-6(2)13-8/h5H,3H2,1-2H3,(H,12,13,14). The van der Waals surface area contributed by atoms with Crippen molar-refractivity contribution in [2.45, 2.75) is 20.3 Å². The van der Waals surface area contributed by atoms with E-state index in [0.717, 1.165) is 29.0 Å². The van der Waals surface area contributed by atoms with E-state index in [1.165, 1.54) is 0 Å². The van der Waals surface area contributed by atoms with E-state index < -0.39 is 0 Å². The van der Waals surface area contributed by atoms with Gasteiger partial charge in [-0.2, -0.15) is 5.26 Å². The van der Waals surface area contributed by atoms with Gasteiger partial charge in [0.25, 0.3) is 0 Å². The van der Waals surface area contributed by atoms with Gasteiger partial charge in [-0.3, -0.25) is 0 Å². The van der Waals surface area contributed by atoms with Crippen molar-refractivity contribution in [3.63, 3.8) is 0 Å². The first-order chi connectivity index (χ1) is 6.76. The minimum absolute atomic E-state index is 0.622. The van der Waals surface area contributed by atoms with E-state index in [9.17, 15) is 0 Å². The van der Waals surface area contributed by atoms with Crippen LogP contribution in [-0.4, -0.2) is 15.0 Å². The van der Waals surface area contributed by atoms with E-state index in [0.29, 0.717) is 5.56 Å². The van der Waals surface area contributed by atoms with Crippen LogP contribution >= 0.6 is 0 Å². The number of nitriles is 1. The Morgan fingerprint density at radius 1 is 1.50 bits per heavy atom. The molecule has 0 spiro atoms. The molecule has 4 nitrogen and oxygen atoms in total. The zero-order valence-corrected chi connectivity index (χ0v) is 8.13. The van der Waals surface area contributed by atoms with Gasteiger partial charge in [-0.25, -0.2) is 9.97 Å². The SMILES string of the molecule is CCc1nc(C)nc2[nH]cc(C#N)c12. The third-order valence-corrected chi connectivity index (χ3v) is 2.17. The summed E-state index contributed by atoms with van der Waals surface area (Å²) in [6.07, 6.45) is 2.49. The molecule has 0 aliphatic rings. The van der Waals surface area contributed by atoms with Crippen LogP contribution in [0.15, 0.2) is 6.20 Å². The molecule has 0 saturated carbocycles. The molecule has 0 bridgehead atoms. The number of rotatable bonds is 1. The van der Waals surface area contributed by atoms with Crippen molar-refractivity contribution in [3.05, 3.63) is 23.3 Å². The number of fused-ring (bicyclic) bond motifs is 1. The molecule has 0 aliphatic carbocycles. The molecule has 0 radical (unpaired) electrons. The van der Waals surface area contributed by atoms with Crippen LogP contribution in [0.3, 0.4) is 0 Å². The maximum absolute atomic E-state index is 8.89. The summed E-state index contributed by atoms with van der Waals surface area (Å²) >= 11 is 0. The number of nitrogens with one attached hydrogen (secondary N) is 1. The average molecular weight is 186 g/mol. The Kier molecular flexibility index (Phi) is 1.93. The van der Waals surface area contributed by atoms with E-state index in [4.69, 9.17) is 5.26 Å². The minimum Gasteiger partial charge on any atom is -0.345 e. The fraction of sp³-hybridized carbons (Fsp3) is 0.300. The number of aromatic nitrogens is 3. The molecule has 0 amide bonds. The first-order valence-electron chi connectivity index (χ1n) is 4.51. The van der Waals surface area contributed by atoms with Crippen LogP contribution in [-0.2, 0) is 6.42 Å². The summed E-state index contributed by atoms with van der Waals surface area (Å²) in [5, 5.41) is 9.75. The predicted octanol–water partition coefficient (Wildman–Crippen LogP) is 1.70. The molecule has 14 heavy (non-hydrogen) atoms. The zero-order valence-electron chi connectivity index (χ0n) is 8.13. The van der Waals surface area contributed by atoms with Crippen molar-refractivity contribution in [1.29, 1.82) is 5.26 Å². The minimum atomic E-state index is 0.622. The predicted molar refractivity (Wildman–Crippen MR) is 52.7 cm³/mol. The third kappa shape index (κ3) is 1.14. The second-order valence-corrected chi connectivity index (χ2v) is 3.11. The maximum Gasteiger partial charge on any atom is 0.142 e. The Hall–Kier alpha value is -1.89. The smallest absolute Gasteiger partial charge is 0.142 e. The topological polar surface area (TPSA) is 65.4 Å². The van der Waals surface area contributed by atoms with Gasteiger partial charge in [0.1, 0.15) is 17.5 Å². The molecule has 4 heteroatoms. The second kappa shape index (κ2) is 3.11. The lowest BCUT2D eigenvalue weighted by Gasteiger charge is -2.00. The highest BCUT2D eigenvalue weighted by Gasteiger charge is 2.10. The molecule has 0 atom stereocenters. The lowest BCUT2D eigenvalue weighted by atomic mass is 10.1. The molecule has 0 aliphatic heterocycles. The molecule has 2 heterocycles. The zero-order chi connectivity index (χ0) is 10.1. The average Bonchev–Trinajstić information content (AvgIpc) is 2.59.